The normalized spacial score (nSPS) is 22.7. The summed E-state index contributed by atoms with van der Waals surface area (Å²) in [6.07, 6.45) is 2.17. The number of aromatic nitrogens is 3. The van der Waals surface area contributed by atoms with Gasteiger partial charge in [-0.15, -0.1) is 0 Å². The predicted octanol–water partition coefficient (Wildman–Crippen LogP) is 4.64. The minimum atomic E-state index is -3.17. The Kier molecular flexibility index (Phi) is 7.09. The first kappa shape index (κ1) is 29.3. The summed E-state index contributed by atoms with van der Waals surface area (Å²) in [4.78, 5) is 36.2. The lowest BCUT2D eigenvalue weighted by Crippen LogP contribution is -2.59. The van der Waals surface area contributed by atoms with Crippen molar-refractivity contribution in [3.8, 4) is 5.75 Å². The molecule has 3 aromatic rings. The van der Waals surface area contributed by atoms with Crippen LogP contribution in [0.4, 0.5) is 40.7 Å². The molecule has 2 aromatic heterocycles. The Bertz CT molecular complexity index is 1670. The van der Waals surface area contributed by atoms with Gasteiger partial charge in [0.15, 0.2) is 12.4 Å². The van der Waals surface area contributed by atoms with Crippen molar-refractivity contribution < 1.29 is 27.1 Å². The Balaban J connectivity index is 1.34. The highest BCUT2D eigenvalue weighted by molar-refractivity contribution is 6.33. The number of benzene rings is 1. The second-order valence-corrected chi connectivity index (χ2v) is 11.8. The number of likely N-dealkylation sites (N-methyl/N-ethyl adjacent to an activating group) is 1. The molecule has 1 saturated carbocycles. The van der Waals surface area contributed by atoms with Crippen LogP contribution in [0.1, 0.15) is 26.2 Å². The van der Waals surface area contributed by atoms with Crippen molar-refractivity contribution in [1.29, 1.82) is 0 Å². The minimum absolute atomic E-state index is 0.0368. The number of alkyl halides is 4. The van der Waals surface area contributed by atoms with Gasteiger partial charge in [0.1, 0.15) is 11.1 Å². The molecule has 2 atom stereocenters. The number of ether oxygens (including phenoxy) is 1. The fraction of sp³-hybridized carbons (Fsp3) is 0.500. The van der Waals surface area contributed by atoms with E-state index in [1.807, 2.05) is 0 Å². The Morgan fingerprint density at radius 3 is 2.67 bits per heavy atom. The summed E-state index contributed by atoms with van der Waals surface area (Å²) < 4.78 is 66.0. The third kappa shape index (κ3) is 5.30. The summed E-state index contributed by atoms with van der Waals surface area (Å²) in [6.45, 7) is 0.108. The number of pyridine rings is 1. The zero-order valence-corrected chi connectivity index (χ0v) is 24.4. The van der Waals surface area contributed by atoms with Crippen LogP contribution in [0.25, 0.3) is 10.9 Å². The molecular formula is C28H30ClF4N7O3. The van der Waals surface area contributed by atoms with Gasteiger partial charge in [-0.1, -0.05) is 11.6 Å². The van der Waals surface area contributed by atoms with E-state index in [1.54, 1.807) is 23.1 Å². The molecule has 4 heterocycles. The Morgan fingerprint density at radius 1 is 1.23 bits per heavy atom. The summed E-state index contributed by atoms with van der Waals surface area (Å²) in [6, 6.07) is 2.48. The van der Waals surface area contributed by atoms with E-state index in [0.717, 1.165) is 4.90 Å². The molecular weight excluding hydrogens is 594 g/mol. The number of carbonyl (C=O) groups excluding carboxylic acids is 1. The van der Waals surface area contributed by atoms with Crippen molar-refractivity contribution in [2.75, 3.05) is 42.3 Å². The highest BCUT2D eigenvalue weighted by atomic mass is 35.5. The Labute approximate surface area is 249 Å². The first-order valence-corrected chi connectivity index (χ1v) is 14.2. The Hall–Kier alpha value is -3.81. The molecule has 43 heavy (non-hydrogen) atoms. The van der Waals surface area contributed by atoms with E-state index in [-0.39, 0.29) is 47.2 Å². The molecule has 2 fully saturated rings. The van der Waals surface area contributed by atoms with E-state index < -0.39 is 48.4 Å². The number of hydrogen-bond acceptors (Lipinski definition) is 8. The van der Waals surface area contributed by atoms with Crippen molar-refractivity contribution >= 4 is 51.6 Å². The highest BCUT2D eigenvalue weighted by Crippen LogP contribution is 2.45. The van der Waals surface area contributed by atoms with Crippen LogP contribution in [-0.2, 0) is 11.8 Å². The van der Waals surface area contributed by atoms with Crippen LogP contribution in [0.15, 0.2) is 29.2 Å². The molecule has 1 aromatic carbocycles. The lowest BCUT2D eigenvalue weighted by atomic mass is 10.00. The number of anilines is 4. The molecule has 15 heteroatoms. The molecule has 6 rings (SSSR count). The summed E-state index contributed by atoms with van der Waals surface area (Å²) in [5.41, 5.74) is 0.627. The van der Waals surface area contributed by atoms with Gasteiger partial charge >= 0.3 is 5.92 Å². The maximum atomic E-state index is 15.0. The van der Waals surface area contributed by atoms with Crippen LogP contribution < -0.4 is 25.8 Å². The number of nitrogens with one attached hydrogen (secondary N) is 2. The van der Waals surface area contributed by atoms with Crippen LogP contribution in [0, 0.1) is 5.92 Å². The van der Waals surface area contributed by atoms with Crippen molar-refractivity contribution in [1.82, 2.24) is 19.4 Å². The van der Waals surface area contributed by atoms with E-state index in [9.17, 15) is 27.2 Å². The van der Waals surface area contributed by atoms with Crippen molar-refractivity contribution in [3.63, 3.8) is 0 Å². The number of aryl methyl sites for hydroxylation is 1. The first-order chi connectivity index (χ1) is 20.3. The van der Waals surface area contributed by atoms with Crippen molar-refractivity contribution in [3.05, 3.63) is 39.8 Å². The van der Waals surface area contributed by atoms with Crippen molar-refractivity contribution in [2.24, 2.45) is 13.0 Å². The highest BCUT2D eigenvalue weighted by Gasteiger charge is 2.51. The SMILES string of the molecule is CC(=O)N(C)C1CN(c2ncc(Cl)c(Nc3ccc4c(c3)c3c(c(=O)n4C)OCC(F)(F)[C@H](C4CC4)N3)n2)CCC1(F)F. The number of hydrogen-bond donors (Lipinski definition) is 2. The fourth-order valence-corrected chi connectivity index (χ4v) is 5.85. The van der Waals surface area contributed by atoms with E-state index in [1.165, 1.54) is 31.8 Å². The van der Waals surface area contributed by atoms with Gasteiger partial charge in [0.2, 0.25) is 17.6 Å². The number of fused-ring (bicyclic) bond motifs is 3. The van der Waals surface area contributed by atoms with E-state index in [4.69, 9.17) is 16.3 Å². The lowest BCUT2D eigenvalue weighted by Gasteiger charge is -2.42. The molecule has 1 amide bonds. The van der Waals surface area contributed by atoms with Crippen LogP contribution >= 0.6 is 11.6 Å². The number of halogens is 5. The smallest absolute Gasteiger partial charge is 0.301 e. The molecule has 2 N–H and O–H groups in total. The zero-order chi connectivity index (χ0) is 30.8. The fourth-order valence-electron chi connectivity index (χ4n) is 5.71. The van der Waals surface area contributed by atoms with Gasteiger partial charge in [-0.2, -0.15) is 4.98 Å². The average Bonchev–Trinajstić information content (AvgIpc) is 3.80. The Morgan fingerprint density at radius 2 is 1.98 bits per heavy atom. The van der Waals surface area contributed by atoms with Crippen LogP contribution in [0.3, 0.4) is 0 Å². The largest absolute Gasteiger partial charge is 0.480 e. The standard InChI is InChI=1S/C28H30ClF4N7O3/c1-14(41)38(2)20-12-40(9-8-27(20,30)31)26-34-11-18(29)24(37-26)35-16-6-7-19-17(10-16)21-22(25(42)39(19)3)43-13-28(32,33)23(36-21)15-4-5-15/h6-7,10-11,15,20,23,36H,4-5,8-9,12-13H2,1-3H3,(H,34,35,37)/t20?,23-/m0/s1. The maximum Gasteiger partial charge on any atom is 0.301 e. The second kappa shape index (κ2) is 10.4. The second-order valence-electron chi connectivity index (χ2n) is 11.4. The summed E-state index contributed by atoms with van der Waals surface area (Å²) >= 11 is 6.40. The topological polar surface area (TPSA) is 105 Å². The van der Waals surface area contributed by atoms with Crippen LogP contribution in [0.5, 0.6) is 5.75 Å². The van der Waals surface area contributed by atoms with E-state index in [0.29, 0.717) is 29.4 Å². The third-order valence-corrected chi connectivity index (χ3v) is 8.72. The lowest BCUT2D eigenvalue weighted by molar-refractivity contribution is -0.142. The van der Waals surface area contributed by atoms with E-state index >= 15 is 0 Å². The molecule has 1 aliphatic carbocycles. The first-order valence-electron chi connectivity index (χ1n) is 13.9. The molecule has 0 spiro atoms. The molecule has 10 nitrogen and oxygen atoms in total. The number of amides is 1. The number of piperidine rings is 1. The van der Waals surface area contributed by atoms with Gasteiger partial charge in [-0.3, -0.25) is 9.59 Å². The van der Waals surface area contributed by atoms with Gasteiger partial charge in [0, 0.05) is 51.6 Å². The predicted molar refractivity (Wildman–Crippen MR) is 154 cm³/mol. The van der Waals surface area contributed by atoms with Crippen LogP contribution in [0.2, 0.25) is 5.02 Å². The van der Waals surface area contributed by atoms with Gasteiger partial charge in [-0.05, 0) is 37.0 Å². The molecule has 1 unspecified atom stereocenters. The van der Waals surface area contributed by atoms with E-state index in [2.05, 4.69) is 20.6 Å². The average molecular weight is 624 g/mol. The number of carbonyl (C=O) groups is 1. The van der Waals surface area contributed by atoms with Crippen molar-refractivity contribution in [2.45, 2.75) is 50.1 Å². The molecule has 1 saturated heterocycles. The van der Waals surface area contributed by atoms with Gasteiger partial charge in [-0.25, -0.2) is 22.5 Å². The molecule has 3 aliphatic rings. The number of rotatable bonds is 5. The summed E-state index contributed by atoms with van der Waals surface area (Å²) in [5, 5.41) is 6.67. The quantitative estimate of drug-likeness (QED) is 0.397. The number of nitrogens with zero attached hydrogens (tertiary/aromatic N) is 5. The summed E-state index contributed by atoms with van der Waals surface area (Å²) in [7, 11) is 2.87. The summed E-state index contributed by atoms with van der Waals surface area (Å²) in [5.74, 6) is -6.81. The molecule has 230 valence electrons. The zero-order valence-electron chi connectivity index (χ0n) is 23.6. The van der Waals surface area contributed by atoms with Crippen LogP contribution in [-0.4, -0.2) is 76.0 Å². The molecule has 0 bridgehead atoms. The minimum Gasteiger partial charge on any atom is -0.480 e. The molecule has 2 aliphatic heterocycles. The van der Waals surface area contributed by atoms with Gasteiger partial charge < -0.3 is 29.7 Å². The van der Waals surface area contributed by atoms with Gasteiger partial charge in [0.05, 0.1) is 23.4 Å². The molecule has 0 radical (unpaired) electrons. The third-order valence-electron chi connectivity index (χ3n) is 8.45. The maximum absolute atomic E-state index is 15.0. The van der Waals surface area contributed by atoms with Gasteiger partial charge in [0.25, 0.3) is 11.5 Å². The monoisotopic (exact) mass is 623 g/mol.